The van der Waals surface area contributed by atoms with Gasteiger partial charge in [-0.25, -0.2) is 21.9 Å². The second-order valence-corrected chi connectivity index (χ2v) is 8.42. The van der Waals surface area contributed by atoms with Gasteiger partial charge >= 0.3 is 0 Å². The van der Waals surface area contributed by atoms with Crippen LogP contribution in [0.2, 0.25) is 0 Å². The van der Waals surface area contributed by atoms with Crippen LogP contribution in [0.4, 0.5) is 8.78 Å². The molecule has 0 unspecified atom stereocenters. The molecule has 26 heavy (non-hydrogen) atoms. The highest BCUT2D eigenvalue weighted by Gasteiger charge is 2.25. The first kappa shape index (κ1) is 18.9. The summed E-state index contributed by atoms with van der Waals surface area (Å²) >= 11 is 0. The lowest BCUT2D eigenvalue weighted by Gasteiger charge is -2.32. The first-order valence-electron chi connectivity index (χ1n) is 8.59. The molecule has 4 nitrogen and oxygen atoms in total. The topological polar surface area (TPSA) is 49.4 Å². The standard InChI is InChI=1S/C19H22F2N2O2S/c1-14-4-2-3-5-15(14)13-23-8-6-18(7-9-23)22-26(24,25)19-11-16(20)10-17(21)12-19/h2-5,10-12,18,22H,6-9,13H2,1H3. The molecule has 0 atom stereocenters. The Kier molecular flexibility index (Phi) is 5.70. The minimum atomic E-state index is -3.94. The molecular weight excluding hydrogens is 358 g/mol. The van der Waals surface area contributed by atoms with E-state index in [0.717, 1.165) is 31.8 Å². The first-order chi connectivity index (χ1) is 12.3. The quantitative estimate of drug-likeness (QED) is 0.867. The summed E-state index contributed by atoms with van der Waals surface area (Å²) in [6, 6.07) is 10.3. The van der Waals surface area contributed by atoms with Crippen LogP contribution in [0.5, 0.6) is 0 Å². The molecule has 1 fully saturated rings. The SMILES string of the molecule is Cc1ccccc1CN1CCC(NS(=O)(=O)c2cc(F)cc(F)c2)CC1. The van der Waals surface area contributed by atoms with Gasteiger partial charge in [0, 0.05) is 31.7 Å². The van der Waals surface area contributed by atoms with Crippen molar-refractivity contribution in [3.05, 3.63) is 65.2 Å². The maximum Gasteiger partial charge on any atom is 0.241 e. The number of nitrogens with one attached hydrogen (secondary N) is 1. The van der Waals surface area contributed by atoms with Gasteiger partial charge in [-0.15, -0.1) is 0 Å². The fourth-order valence-corrected chi connectivity index (χ4v) is 4.55. The van der Waals surface area contributed by atoms with E-state index in [1.165, 1.54) is 11.1 Å². The van der Waals surface area contributed by atoms with Crippen LogP contribution in [-0.2, 0) is 16.6 Å². The van der Waals surface area contributed by atoms with E-state index in [1.807, 2.05) is 12.1 Å². The summed E-state index contributed by atoms with van der Waals surface area (Å²) in [5.41, 5.74) is 2.50. The zero-order valence-corrected chi connectivity index (χ0v) is 15.4. The summed E-state index contributed by atoms with van der Waals surface area (Å²) < 4.78 is 53.9. The number of halogens is 2. The highest BCUT2D eigenvalue weighted by Crippen LogP contribution is 2.19. The lowest BCUT2D eigenvalue weighted by Crippen LogP contribution is -2.44. The average molecular weight is 380 g/mol. The van der Waals surface area contributed by atoms with E-state index in [9.17, 15) is 17.2 Å². The lowest BCUT2D eigenvalue weighted by molar-refractivity contribution is 0.199. The highest BCUT2D eigenvalue weighted by molar-refractivity contribution is 7.89. The third-order valence-corrected chi connectivity index (χ3v) is 6.21. The number of nitrogens with zero attached hydrogens (tertiary/aromatic N) is 1. The smallest absolute Gasteiger partial charge is 0.241 e. The maximum absolute atomic E-state index is 13.3. The Morgan fingerprint density at radius 3 is 2.31 bits per heavy atom. The van der Waals surface area contributed by atoms with Crippen LogP contribution >= 0.6 is 0 Å². The van der Waals surface area contributed by atoms with Crippen molar-refractivity contribution in [2.24, 2.45) is 0 Å². The van der Waals surface area contributed by atoms with Gasteiger partial charge in [-0.1, -0.05) is 24.3 Å². The molecule has 0 aromatic heterocycles. The largest absolute Gasteiger partial charge is 0.299 e. The zero-order valence-electron chi connectivity index (χ0n) is 14.6. The Balaban J connectivity index is 1.59. The fourth-order valence-electron chi connectivity index (χ4n) is 3.21. The normalized spacial score (nSPS) is 16.7. The number of rotatable bonds is 5. The van der Waals surface area contributed by atoms with Crippen LogP contribution in [0.1, 0.15) is 24.0 Å². The Bertz CT molecular complexity index is 859. The Morgan fingerprint density at radius 2 is 1.69 bits per heavy atom. The van der Waals surface area contributed by atoms with Crippen molar-refractivity contribution in [2.45, 2.75) is 37.2 Å². The molecule has 7 heteroatoms. The molecule has 2 aromatic carbocycles. The predicted molar refractivity (Wildman–Crippen MR) is 96.2 cm³/mol. The van der Waals surface area contributed by atoms with Crippen molar-refractivity contribution in [1.29, 1.82) is 0 Å². The van der Waals surface area contributed by atoms with Gasteiger partial charge in [0.1, 0.15) is 11.6 Å². The molecule has 140 valence electrons. The van der Waals surface area contributed by atoms with Crippen molar-refractivity contribution in [1.82, 2.24) is 9.62 Å². The van der Waals surface area contributed by atoms with Crippen LogP contribution in [-0.4, -0.2) is 32.4 Å². The number of likely N-dealkylation sites (tertiary alicyclic amines) is 1. The van der Waals surface area contributed by atoms with E-state index in [1.54, 1.807) is 0 Å². The van der Waals surface area contributed by atoms with E-state index < -0.39 is 21.7 Å². The predicted octanol–water partition coefficient (Wildman–Crippen LogP) is 3.22. The molecule has 0 bridgehead atoms. The number of benzene rings is 2. The van der Waals surface area contributed by atoms with Crippen LogP contribution in [0.25, 0.3) is 0 Å². The van der Waals surface area contributed by atoms with Crippen LogP contribution in [0, 0.1) is 18.6 Å². The lowest BCUT2D eigenvalue weighted by atomic mass is 10.0. The molecular formula is C19H22F2N2O2S. The molecule has 0 aliphatic carbocycles. The average Bonchev–Trinajstić information content (AvgIpc) is 2.57. The summed E-state index contributed by atoms with van der Waals surface area (Å²) in [4.78, 5) is 1.91. The Hall–Kier alpha value is -1.83. The van der Waals surface area contributed by atoms with Crippen molar-refractivity contribution in [3.63, 3.8) is 0 Å². The Morgan fingerprint density at radius 1 is 1.08 bits per heavy atom. The van der Waals surface area contributed by atoms with Gasteiger partial charge in [0.25, 0.3) is 0 Å². The highest BCUT2D eigenvalue weighted by atomic mass is 32.2. The molecule has 1 N–H and O–H groups in total. The zero-order chi connectivity index (χ0) is 18.7. The molecule has 1 heterocycles. The summed E-state index contributed by atoms with van der Waals surface area (Å²) in [7, 11) is -3.94. The van der Waals surface area contributed by atoms with E-state index in [4.69, 9.17) is 0 Å². The Labute approximate surface area is 152 Å². The second kappa shape index (κ2) is 7.82. The van der Waals surface area contributed by atoms with Crippen molar-refractivity contribution < 1.29 is 17.2 Å². The van der Waals surface area contributed by atoms with E-state index >= 15 is 0 Å². The summed E-state index contributed by atoms with van der Waals surface area (Å²) in [6.45, 7) is 4.44. The minimum Gasteiger partial charge on any atom is -0.299 e. The number of piperidine rings is 1. The van der Waals surface area contributed by atoms with Gasteiger partial charge in [-0.2, -0.15) is 0 Å². The summed E-state index contributed by atoms with van der Waals surface area (Å²) in [5.74, 6) is -1.81. The van der Waals surface area contributed by atoms with Gasteiger partial charge < -0.3 is 0 Å². The van der Waals surface area contributed by atoms with E-state index in [2.05, 4.69) is 28.7 Å². The number of hydrogen-bond donors (Lipinski definition) is 1. The molecule has 1 aliphatic rings. The molecule has 1 aliphatic heterocycles. The molecule has 1 saturated heterocycles. The molecule has 3 rings (SSSR count). The van der Waals surface area contributed by atoms with Crippen molar-refractivity contribution in [2.75, 3.05) is 13.1 Å². The number of aryl methyl sites for hydroxylation is 1. The van der Waals surface area contributed by atoms with Crippen LogP contribution in [0.15, 0.2) is 47.4 Å². The molecule has 0 radical (unpaired) electrons. The second-order valence-electron chi connectivity index (χ2n) is 6.70. The van der Waals surface area contributed by atoms with Gasteiger partial charge in [0.15, 0.2) is 0 Å². The molecule has 0 spiro atoms. The third-order valence-electron chi connectivity index (χ3n) is 4.71. The van der Waals surface area contributed by atoms with Crippen molar-refractivity contribution >= 4 is 10.0 Å². The molecule has 0 amide bonds. The van der Waals surface area contributed by atoms with E-state index in [-0.39, 0.29) is 10.9 Å². The monoisotopic (exact) mass is 380 g/mol. The summed E-state index contributed by atoms with van der Waals surface area (Å²) in [6.07, 6.45) is 1.31. The van der Waals surface area contributed by atoms with Gasteiger partial charge in [0.05, 0.1) is 4.90 Å². The molecule has 2 aromatic rings. The molecule has 0 saturated carbocycles. The van der Waals surface area contributed by atoms with Gasteiger partial charge in [0.2, 0.25) is 10.0 Å². The van der Waals surface area contributed by atoms with Gasteiger partial charge in [-0.3, -0.25) is 4.90 Å². The number of hydrogen-bond acceptors (Lipinski definition) is 3. The van der Waals surface area contributed by atoms with Crippen LogP contribution < -0.4 is 4.72 Å². The fraction of sp³-hybridized carbons (Fsp3) is 0.368. The van der Waals surface area contributed by atoms with Gasteiger partial charge in [-0.05, 0) is 43.0 Å². The minimum absolute atomic E-state index is 0.237. The number of sulfonamides is 1. The first-order valence-corrected chi connectivity index (χ1v) is 10.1. The van der Waals surface area contributed by atoms with E-state index in [0.29, 0.717) is 18.9 Å². The third kappa shape index (κ3) is 4.66. The maximum atomic E-state index is 13.3. The van der Waals surface area contributed by atoms with Crippen LogP contribution in [0.3, 0.4) is 0 Å². The summed E-state index contributed by atoms with van der Waals surface area (Å²) in [5, 5.41) is 0. The van der Waals surface area contributed by atoms with Crippen molar-refractivity contribution in [3.8, 4) is 0 Å².